The van der Waals surface area contributed by atoms with Gasteiger partial charge >= 0.3 is 0 Å². The molecule has 0 saturated heterocycles. The van der Waals surface area contributed by atoms with Crippen LogP contribution in [0.2, 0.25) is 0 Å². The van der Waals surface area contributed by atoms with Gasteiger partial charge in [-0.2, -0.15) is 0 Å². The van der Waals surface area contributed by atoms with Crippen LogP contribution < -0.4 is 10.1 Å². The van der Waals surface area contributed by atoms with Crippen LogP contribution in [0.5, 0.6) is 11.6 Å². The maximum Gasteiger partial charge on any atom is 0.222 e. The first kappa shape index (κ1) is 17.5. The number of nitrogens with zero attached hydrogens (tertiary/aromatic N) is 5. The Labute approximate surface area is 162 Å². The summed E-state index contributed by atoms with van der Waals surface area (Å²) in [7, 11) is 0. The van der Waals surface area contributed by atoms with Gasteiger partial charge in [0.25, 0.3) is 0 Å². The molecule has 0 saturated carbocycles. The molecule has 0 fully saturated rings. The monoisotopic (exact) mass is 370 g/mol. The van der Waals surface area contributed by atoms with Crippen molar-refractivity contribution >= 4 is 11.5 Å². The average Bonchev–Trinajstić information content (AvgIpc) is 2.70. The Balaban J connectivity index is 1.51. The summed E-state index contributed by atoms with van der Waals surface area (Å²) in [4.78, 5) is 21.4. The summed E-state index contributed by atoms with van der Waals surface area (Å²) in [5, 5.41) is 3.30. The van der Waals surface area contributed by atoms with Crippen molar-refractivity contribution < 1.29 is 4.74 Å². The fourth-order valence-electron chi connectivity index (χ4n) is 2.62. The Kier molecular flexibility index (Phi) is 4.88. The van der Waals surface area contributed by atoms with Gasteiger partial charge in [-0.25, -0.2) is 19.9 Å². The zero-order valence-corrected chi connectivity index (χ0v) is 15.5. The molecule has 0 radical (unpaired) electrons. The van der Waals surface area contributed by atoms with Crippen molar-refractivity contribution in [3.8, 4) is 23.0 Å². The first-order chi connectivity index (χ1) is 13.7. The number of aryl methyl sites for hydroxylation is 2. The van der Waals surface area contributed by atoms with Crippen molar-refractivity contribution in [2.75, 3.05) is 5.32 Å². The molecular formula is C21H18N6O. The maximum atomic E-state index is 5.75. The van der Waals surface area contributed by atoms with Crippen LogP contribution >= 0.6 is 0 Å². The topological polar surface area (TPSA) is 85.7 Å². The predicted octanol–water partition coefficient (Wildman–Crippen LogP) is 4.48. The van der Waals surface area contributed by atoms with Crippen molar-refractivity contribution in [2.24, 2.45) is 0 Å². The third-order valence-corrected chi connectivity index (χ3v) is 3.90. The predicted molar refractivity (Wildman–Crippen MR) is 107 cm³/mol. The summed E-state index contributed by atoms with van der Waals surface area (Å²) in [6.45, 7) is 3.83. The third-order valence-electron chi connectivity index (χ3n) is 3.90. The van der Waals surface area contributed by atoms with Crippen molar-refractivity contribution in [3.63, 3.8) is 0 Å². The van der Waals surface area contributed by atoms with Crippen LogP contribution in [-0.4, -0.2) is 24.9 Å². The van der Waals surface area contributed by atoms with E-state index in [9.17, 15) is 0 Å². The molecule has 3 heterocycles. The number of nitrogens with one attached hydrogen (secondary N) is 1. The van der Waals surface area contributed by atoms with Gasteiger partial charge < -0.3 is 10.1 Å². The van der Waals surface area contributed by atoms with E-state index < -0.39 is 0 Å². The van der Waals surface area contributed by atoms with Crippen LogP contribution in [0.25, 0.3) is 11.4 Å². The fourth-order valence-corrected chi connectivity index (χ4v) is 2.62. The molecule has 0 unspecified atom stereocenters. The lowest BCUT2D eigenvalue weighted by Crippen LogP contribution is -1.99. The van der Waals surface area contributed by atoms with E-state index in [1.165, 1.54) is 6.33 Å². The van der Waals surface area contributed by atoms with Crippen molar-refractivity contribution in [3.05, 3.63) is 78.6 Å². The highest BCUT2D eigenvalue weighted by atomic mass is 16.5. The first-order valence-electron chi connectivity index (χ1n) is 8.75. The molecule has 0 atom stereocenters. The van der Waals surface area contributed by atoms with Gasteiger partial charge in [-0.3, -0.25) is 4.98 Å². The van der Waals surface area contributed by atoms with Crippen LogP contribution in [0.4, 0.5) is 11.5 Å². The summed E-state index contributed by atoms with van der Waals surface area (Å²) >= 11 is 0. The van der Waals surface area contributed by atoms with E-state index >= 15 is 0 Å². The van der Waals surface area contributed by atoms with Crippen LogP contribution in [0, 0.1) is 13.8 Å². The Hall–Kier alpha value is -3.87. The van der Waals surface area contributed by atoms with E-state index in [0.29, 0.717) is 23.3 Å². The van der Waals surface area contributed by atoms with Crippen LogP contribution in [-0.2, 0) is 0 Å². The lowest BCUT2D eigenvalue weighted by Gasteiger charge is -2.10. The molecule has 0 spiro atoms. The number of pyridine rings is 1. The van der Waals surface area contributed by atoms with E-state index in [1.807, 2.05) is 56.3 Å². The quantitative estimate of drug-likeness (QED) is 0.554. The van der Waals surface area contributed by atoms with E-state index in [1.54, 1.807) is 18.5 Å². The number of anilines is 2. The molecule has 0 amide bonds. The Bertz CT molecular complexity index is 1080. The maximum absolute atomic E-state index is 5.75. The number of hydrogen-bond acceptors (Lipinski definition) is 7. The molecule has 4 aromatic rings. The summed E-state index contributed by atoms with van der Waals surface area (Å²) in [6.07, 6.45) is 4.96. The summed E-state index contributed by atoms with van der Waals surface area (Å²) in [5.41, 5.74) is 3.49. The van der Waals surface area contributed by atoms with E-state index in [2.05, 4.69) is 30.2 Å². The largest absolute Gasteiger partial charge is 0.439 e. The highest BCUT2D eigenvalue weighted by molar-refractivity contribution is 5.61. The second kappa shape index (κ2) is 7.79. The van der Waals surface area contributed by atoms with Gasteiger partial charge in [0.1, 0.15) is 17.9 Å². The van der Waals surface area contributed by atoms with Crippen LogP contribution in [0.15, 0.2) is 67.3 Å². The number of aromatic nitrogens is 5. The smallest absolute Gasteiger partial charge is 0.222 e. The number of ether oxygens (including phenoxy) is 1. The highest BCUT2D eigenvalue weighted by Gasteiger charge is 2.06. The van der Waals surface area contributed by atoms with E-state index in [0.717, 1.165) is 22.6 Å². The zero-order chi connectivity index (χ0) is 19.3. The van der Waals surface area contributed by atoms with E-state index in [4.69, 9.17) is 4.74 Å². The minimum Gasteiger partial charge on any atom is -0.439 e. The Morgan fingerprint density at radius 2 is 1.75 bits per heavy atom. The fraction of sp³-hybridized carbons (Fsp3) is 0.0952. The summed E-state index contributed by atoms with van der Waals surface area (Å²) < 4.78 is 5.75. The number of benzene rings is 1. The van der Waals surface area contributed by atoms with Crippen LogP contribution in [0.3, 0.4) is 0 Å². The first-order valence-corrected chi connectivity index (χ1v) is 8.75. The van der Waals surface area contributed by atoms with E-state index in [-0.39, 0.29) is 0 Å². The molecule has 4 rings (SSSR count). The molecular weight excluding hydrogens is 352 g/mol. The minimum atomic E-state index is 0.515. The standard InChI is InChI=1S/C21H18N6O/c1-14-11-20(24-13-23-14)28-18-7-5-17(6-8-18)26-19-10-15(2)25-21(27-19)16-4-3-9-22-12-16/h3-13H,1-2H3,(H,25,26,27). The van der Waals surface area contributed by atoms with Gasteiger partial charge in [0, 0.05) is 47.2 Å². The number of hydrogen-bond donors (Lipinski definition) is 1. The Morgan fingerprint density at radius 1 is 0.893 bits per heavy atom. The lowest BCUT2D eigenvalue weighted by molar-refractivity contribution is 0.461. The highest BCUT2D eigenvalue weighted by Crippen LogP contribution is 2.24. The second-order valence-electron chi connectivity index (χ2n) is 6.21. The molecule has 7 heteroatoms. The molecule has 1 aromatic carbocycles. The molecule has 138 valence electrons. The third kappa shape index (κ3) is 4.27. The summed E-state index contributed by atoms with van der Waals surface area (Å²) in [5.74, 6) is 2.56. The van der Waals surface area contributed by atoms with Crippen LogP contribution in [0.1, 0.15) is 11.4 Å². The SMILES string of the molecule is Cc1cc(Oc2ccc(Nc3cc(C)nc(-c4cccnc4)n3)cc2)ncn1. The molecule has 0 aliphatic heterocycles. The molecule has 1 N–H and O–H groups in total. The number of rotatable bonds is 5. The van der Waals surface area contributed by atoms with Crippen molar-refractivity contribution in [1.29, 1.82) is 0 Å². The molecule has 7 nitrogen and oxygen atoms in total. The molecule has 0 aliphatic rings. The molecule has 0 aliphatic carbocycles. The summed E-state index contributed by atoms with van der Waals surface area (Å²) in [6, 6.07) is 15.1. The van der Waals surface area contributed by atoms with Gasteiger partial charge in [-0.1, -0.05) is 0 Å². The van der Waals surface area contributed by atoms with Gasteiger partial charge in [0.2, 0.25) is 5.88 Å². The normalized spacial score (nSPS) is 10.5. The average molecular weight is 370 g/mol. The molecule has 0 bridgehead atoms. The Morgan fingerprint density at radius 3 is 2.50 bits per heavy atom. The zero-order valence-electron chi connectivity index (χ0n) is 15.5. The second-order valence-corrected chi connectivity index (χ2v) is 6.21. The van der Waals surface area contributed by atoms with Gasteiger partial charge in [-0.05, 0) is 50.2 Å². The van der Waals surface area contributed by atoms with Crippen molar-refractivity contribution in [2.45, 2.75) is 13.8 Å². The van der Waals surface area contributed by atoms with Crippen molar-refractivity contribution in [1.82, 2.24) is 24.9 Å². The minimum absolute atomic E-state index is 0.515. The molecule has 28 heavy (non-hydrogen) atoms. The van der Waals surface area contributed by atoms with Gasteiger partial charge in [0.05, 0.1) is 0 Å². The van der Waals surface area contributed by atoms with Gasteiger partial charge in [0.15, 0.2) is 5.82 Å². The molecule has 3 aromatic heterocycles. The van der Waals surface area contributed by atoms with Gasteiger partial charge in [-0.15, -0.1) is 0 Å². The lowest BCUT2D eigenvalue weighted by atomic mass is 10.2.